The smallest absolute Gasteiger partial charge is 0.0245 e. The molecule has 1 rings (SSSR count). The molecule has 1 aliphatic carbocycles. The van der Waals surface area contributed by atoms with Crippen LogP contribution < -0.4 is 11.5 Å². The van der Waals surface area contributed by atoms with Crippen LogP contribution in [0.15, 0.2) is 12.2 Å². The fraction of sp³-hybridized carbons (Fsp3) is 0.920. The van der Waals surface area contributed by atoms with Crippen molar-refractivity contribution in [3.63, 3.8) is 0 Å². The van der Waals surface area contributed by atoms with E-state index in [9.17, 15) is 0 Å². The lowest BCUT2D eigenvalue weighted by Gasteiger charge is -2.38. The van der Waals surface area contributed by atoms with Gasteiger partial charge in [-0.2, -0.15) is 0 Å². The molecule has 0 spiro atoms. The molecule has 0 saturated heterocycles. The van der Waals surface area contributed by atoms with Crippen molar-refractivity contribution in [1.29, 1.82) is 0 Å². The molecular weight excluding hydrogens is 342 g/mol. The molecular formula is C25H51N3. The van der Waals surface area contributed by atoms with Crippen LogP contribution in [0.25, 0.3) is 0 Å². The van der Waals surface area contributed by atoms with Crippen LogP contribution in [0.1, 0.15) is 116 Å². The highest BCUT2D eigenvalue weighted by atomic mass is 15.1. The van der Waals surface area contributed by atoms with Crippen molar-refractivity contribution < 1.29 is 0 Å². The molecule has 0 bridgehead atoms. The molecule has 1 fully saturated rings. The first kappa shape index (κ1) is 25.7. The molecule has 0 heterocycles. The van der Waals surface area contributed by atoms with E-state index in [4.69, 9.17) is 11.5 Å². The van der Waals surface area contributed by atoms with E-state index in [-0.39, 0.29) is 6.04 Å². The van der Waals surface area contributed by atoms with Gasteiger partial charge in [0.1, 0.15) is 0 Å². The summed E-state index contributed by atoms with van der Waals surface area (Å²) in [5.41, 5.74) is 12.3. The Hall–Kier alpha value is -0.380. The molecule has 4 N–H and O–H groups in total. The monoisotopic (exact) mass is 393 g/mol. The van der Waals surface area contributed by atoms with Crippen molar-refractivity contribution in [1.82, 2.24) is 4.90 Å². The third kappa shape index (κ3) is 13.0. The predicted octanol–water partition coefficient (Wildman–Crippen LogP) is 6.16. The number of likely N-dealkylation sites (N-methyl/N-ethyl adjacent to an activating group) is 1. The highest BCUT2D eigenvalue weighted by Gasteiger charge is 2.28. The maximum atomic E-state index is 6.30. The number of nitrogens with zero attached hydrogens (tertiary/aromatic N) is 1. The van der Waals surface area contributed by atoms with Gasteiger partial charge in [-0.3, -0.25) is 0 Å². The molecule has 1 saturated carbocycles. The van der Waals surface area contributed by atoms with Gasteiger partial charge in [0.2, 0.25) is 0 Å². The molecule has 3 unspecified atom stereocenters. The van der Waals surface area contributed by atoms with E-state index in [1.807, 2.05) is 0 Å². The number of nitrogens with two attached hydrogens (primary N) is 2. The van der Waals surface area contributed by atoms with Gasteiger partial charge in [0.15, 0.2) is 0 Å². The third-order valence-corrected chi connectivity index (χ3v) is 6.49. The van der Waals surface area contributed by atoms with E-state index in [0.29, 0.717) is 12.1 Å². The van der Waals surface area contributed by atoms with Crippen LogP contribution in [0.5, 0.6) is 0 Å². The van der Waals surface area contributed by atoms with E-state index in [1.54, 1.807) is 0 Å². The molecule has 1 aliphatic rings. The highest BCUT2D eigenvalue weighted by molar-refractivity contribution is 4.89. The maximum absolute atomic E-state index is 6.30. The summed E-state index contributed by atoms with van der Waals surface area (Å²) in [4.78, 5) is 2.49. The van der Waals surface area contributed by atoms with Gasteiger partial charge in [0.05, 0.1) is 0 Å². The Balaban J connectivity index is 1.84. The van der Waals surface area contributed by atoms with Crippen molar-refractivity contribution in [2.45, 2.75) is 134 Å². The van der Waals surface area contributed by atoms with Gasteiger partial charge < -0.3 is 16.4 Å². The number of unbranched alkanes of at least 4 members (excludes halogenated alkanes) is 12. The van der Waals surface area contributed by atoms with Gasteiger partial charge >= 0.3 is 0 Å². The minimum Gasteiger partial charge on any atom is -0.328 e. The average molecular weight is 394 g/mol. The van der Waals surface area contributed by atoms with E-state index < -0.39 is 0 Å². The average Bonchev–Trinajstić information content (AvgIpc) is 2.67. The topological polar surface area (TPSA) is 55.3 Å². The lowest BCUT2D eigenvalue weighted by Crippen LogP contribution is -2.52. The Morgan fingerprint density at radius 2 is 1.29 bits per heavy atom. The molecule has 0 aromatic carbocycles. The van der Waals surface area contributed by atoms with Crippen LogP contribution in [0, 0.1) is 0 Å². The minimum absolute atomic E-state index is 0.267. The van der Waals surface area contributed by atoms with Crippen molar-refractivity contribution in [3.8, 4) is 0 Å². The largest absolute Gasteiger partial charge is 0.328 e. The third-order valence-electron chi connectivity index (χ3n) is 6.49. The molecule has 3 heteroatoms. The Kier molecular flexibility index (Phi) is 16.0. The van der Waals surface area contributed by atoms with E-state index >= 15 is 0 Å². The first-order valence-corrected chi connectivity index (χ1v) is 12.5. The van der Waals surface area contributed by atoms with Crippen LogP contribution in [-0.2, 0) is 0 Å². The summed E-state index contributed by atoms with van der Waals surface area (Å²) in [7, 11) is 2.25. The molecule has 166 valence electrons. The van der Waals surface area contributed by atoms with Gasteiger partial charge in [-0.05, 0) is 65.0 Å². The van der Waals surface area contributed by atoms with Gasteiger partial charge in [-0.1, -0.05) is 76.9 Å². The molecule has 3 nitrogen and oxygen atoms in total. The van der Waals surface area contributed by atoms with Gasteiger partial charge in [-0.25, -0.2) is 0 Å². The van der Waals surface area contributed by atoms with E-state index in [2.05, 4.69) is 31.0 Å². The van der Waals surface area contributed by atoms with E-state index in [1.165, 1.54) is 103 Å². The van der Waals surface area contributed by atoms with Crippen molar-refractivity contribution >= 4 is 0 Å². The molecule has 28 heavy (non-hydrogen) atoms. The lowest BCUT2D eigenvalue weighted by molar-refractivity contribution is 0.157. The summed E-state index contributed by atoms with van der Waals surface area (Å²) in [6.45, 7) is 3.47. The summed E-state index contributed by atoms with van der Waals surface area (Å²) in [6.07, 6.45) is 27.3. The van der Waals surface area contributed by atoms with Crippen molar-refractivity contribution in [2.24, 2.45) is 11.5 Å². The molecule has 0 aromatic rings. The maximum Gasteiger partial charge on any atom is 0.0245 e. The van der Waals surface area contributed by atoms with Crippen molar-refractivity contribution in [3.05, 3.63) is 12.2 Å². The normalized spacial score (nSPS) is 23.1. The molecule has 0 aliphatic heterocycles. The zero-order chi connectivity index (χ0) is 20.5. The SMILES string of the molecule is CCCCCCCC/C=C/CCCCCCCCN(C)C1CCC(N)CC1N. The second-order valence-electron chi connectivity index (χ2n) is 9.22. The van der Waals surface area contributed by atoms with Gasteiger partial charge in [0, 0.05) is 18.1 Å². The molecule has 0 amide bonds. The zero-order valence-corrected chi connectivity index (χ0v) is 19.2. The zero-order valence-electron chi connectivity index (χ0n) is 19.2. The fourth-order valence-electron chi connectivity index (χ4n) is 4.55. The van der Waals surface area contributed by atoms with Crippen LogP contribution in [0.4, 0.5) is 0 Å². The summed E-state index contributed by atoms with van der Waals surface area (Å²) in [5, 5.41) is 0. The quantitative estimate of drug-likeness (QED) is 0.230. The Morgan fingerprint density at radius 1 is 0.750 bits per heavy atom. The van der Waals surface area contributed by atoms with Crippen LogP contribution >= 0.6 is 0 Å². The van der Waals surface area contributed by atoms with Gasteiger partial charge in [0.25, 0.3) is 0 Å². The molecule has 3 atom stereocenters. The van der Waals surface area contributed by atoms with Crippen LogP contribution in [0.3, 0.4) is 0 Å². The van der Waals surface area contributed by atoms with Crippen LogP contribution in [-0.4, -0.2) is 36.6 Å². The Bertz CT molecular complexity index is 369. The summed E-state index contributed by atoms with van der Waals surface area (Å²) in [6, 6.07) is 1.14. The number of rotatable bonds is 17. The summed E-state index contributed by atoms with van der Waals surface area (Å²) < 4.78 is 0. The number of allylic oxidation sites excluding steroid dienone is 2. The van der Waals surface area contributed by atoms with E-state index in [0.717, 1.165) is 12.8 Å². The summed E-state index contributed by atoms with van der Waals surface area (Å²) in [5.74, 6) is 0. The second-order valence-corrected chi connectivity index (χ2v) is 9.22. The van der Waals surface area contributed by atoms with Crippen molar-refractivity contribution in [2.75, 3.05) is 13.6 Å². The van der Waals surface area contributed by atoms with Gasteiger partial charge in [-0.15, -0.1) is 0 Å². The minimum atomic E-state index is 0.267. The number of hydrogen-bond donors (Lipinski definition) is 2. The highest BCUT2D eigenvalue weighted by Crippen LogP contribution is 2.21. The number of hydrogen-bond acceptors (Lipinski definition) is 3. The first-order chi connectivity index (χ1) is 13.6. The Labute approximate surface area is 176 Å². The second kappa shape index (κ2) is 17.5. The molecule has 0 radical (unpaired) electrons. The lowest BCUT2D eigenvalue weighted by atomic mass is 9.87. The van der Waals surface area contributed by atoms with Crippen LogP contribution in [0.2, 0.25) is 0 Å². The Morgan fingerprint density at radius 3 is 1.86 bits per heavy atom. The predicted molar refractivity (Wildman–Crippen MR) is 126 cm³/mol. The first-order valence-electron chi connectivity index (χ1n) is 12.5. The standard InChI is InChI=1S/C25H51N3/c1-3-4-5-6-7-8-9-10-11-12-13-14-15-16-17-18-21-28(2)25-20-19-23(26)22-24(25)27/h10-11,23-25H,3-9,12-22,26-27H2,1-2H3/b11-10+. The fourth-order valence-corrected chi connectivity index (χ4v) is 4.55. The molecule has 0 aromatic heterocycles. The summed E-state index contributed by atoms with van der Waals surface area (Å²) >= 11 is 0.